The number of nitro groups is 1. The quantitative estimate of drug-likeness (QED) is 0.287. The number of hydrogen-bond acceptors (Lipinski definition) is 8. The molecule has 0 fully saturated rings. The lowest BCUT2D eigenvalue weighted by Crippen LogP contribution is -2.68. The molecule has 148 valence electrons. The number of nitro benzene ring substituents is 1. The lowest BCUT2D eigenvalue weighted by molar-refractivity contribution is -2.00. The lowest BCUT2D eigenvalue weighted by Gasteiger charge is -2.17. The highest BCUT2D eigenvalue weighted by atomic mass is 35.7. The molecule has 0 aliphatic heterocycles. The summed E-state index contributed by atoms with van der Waals surface area (Å²) in [6.45, 7) is 3.84. The SMILES string of the molecule is Cc1nn(-c2ccccc2)c(C)[n+]1Nc1ccc([N+](=O)[O-])cc1.[O-][Cl+3]([O-])([O-])[O-]. The van der Waals surface area contributed by atoms with Crippen LogP contribution in [-0.4, -0.2) is 14.7 Å². The number of rotatable bonds is 4. The standard InChI is InChI=1S/C16H16N5O2.ClHO4/c1-12-17-20(15-6-4-3-5-7-15)13(2)19(12)18-14-8-10-16(11-9-14)21(22)23;2-1(3,4)5/h3-11,18H,1-2H3;(H,2,3,4,5)/q+1;/p-1. The molecule has 0 saturated heterocycles. The van der Waals surface area contributed by atoms with Crippen LogP contribution in [0.15, 0.2) is 54.6 Å². The predicted molar refractivity (Wildman–Crippen MR) is 85.4 cm³/mol. The third kappa shape index (κ3) is 5.97. The summed E-state index contributed by atoms with van der Waals surface area (Å²) in [6, 6.07) is 16.1. The Labute approximate surface area is 161 Å². The molecule has 0 spiro atoms. The van der Waals surface area contributed by atoms with Crippen molar-refractivity contribution in [1.82, 2.24) is 9.78 Å². The number of anilines is 1. The highest BCUT2D eigenvalue weighted by molar-refractivity contribution is 5.46. The van der Waals surface area contributed by atoms with Crippen LogP contribution < -0.4 is 28.7 Å². The van der Waals surface area contributed by atoms with Gasteiger partial charge in [-0.1, -0.05) is 22.9 Å². The van der Waals surface area contributed by atoms with Gasteiger partial charge in [0.2, 0.25) is 0 Å². The van der Waals surface area contributed by atoms with Crippen LogP contribution in [-0.2, 0) is 0 Å². The van der Waals surface area contributed by atoms with E-state index in [0.29, 0.717) is 0 Å². The van der Waals surface area contributed by atoms with Gasteiger partial charge in [-0.3, -0.25) is 10.1 Å². The zero-order valence-electron chi connectivity index (χ0n) is 14.8. The van der Waals surface area contributed by atoms with Gasteiger partial charge in [0.15, 0.2) is 0 Å². The first-order valence-corrected chi connectivity index (χ1v) is 8.96. The largest absolute Gasteiger partial charge is 0.296 e. The van der Waals surface area contributed by atoms with Crippen LogP contribution in [0.5, 0.6) is 0 Å². The number of benzene rings is 2. The molecule has 0 aliphatic rings. The zero-order valence-corrected chi connectivity index (χ0v) is 15.6. The molecule has 0 unspecified atom stereocenters. The number of nitrogens with one attached hydrogen (secondary N) is 1. The van der Waals surface area contributed by atoms with E-state index in [4.69, 9.17) is 18.6 Å². The Bertz CT molecular complexity index is 935. The number of aryl methyl sites for hydroxylation is 1. The second kappa shape index (κ2) is 8.73. The molecular formula is C16H16ClN5O6. The third-order valence-electron chi connectivity index (χ3n) is 3.52. The number of hydrogen-bond donors (Lipinski definition) is 1. The van der Waals surface area contributed by atoms with Crippen LogP contribution in [0.25, 0.3) is 5.69 Å². The molecule has 1 heterocycles. The van der Waals surface area contributed by atoms with Gasteiger partial charge in [-0.25, -0.2) is 24.1 Å². The van der Waals surface area contributed by atoms with Crippen molar-refractivity contribution in [2.24, 2.45) is 0 Å². The summed E-state index contributed by atoms with van der Waals surface area (Å²) in [6.07, 6.45) is 0. The fourth-order valence-electron chi connectivity index (χ4n) is 2.35. The average molecular weight is 410 g/mol. The maximum atomic E-state index is 10.7. The summed E-state index contributed by atoms with van der Waals surface area (Å²) >= 11 is 0. The summed E-state index contributed by atoms with van der Waals surface area (Å²) < 4.78 is 37.7. The van der Waals surface area contributed by atoms with Crippen molar-refractivity contribution in [3.05, 3.63) is 76.4 Å². The van der Waals surface area contributed by atoms with Crippen molar-refractivity contribution in [2.75, 3.05) is 5.43 Å². The first-order valence-electron chi connectivity index (χ1n) is 7.73. The van der Waals surface area contributed by atoms with Gasteiger partial charge in [0.1, 0.15) is 5.69 Å². The topological polar surface area (TPSA) is 169 Å². The highest BCUT2D eigenvalue weighted by Gasteiger charge is 2.21. The van der Waals surface area contributed by atoms with Crippen molar-refractivity contribution in [3.8, 4) is 5.69 Å². The fourth-order valence-corrected chi connectivity index (χ4v) is 2.35. The molecule has 0 bridgehead atoms. The lowest BCUT2D eigenvalue weighted by atomic mass is 10.3. The molecule has 0 saturated carbocycles. The smallest absolute Gasteiger partial charge is 0.258 e. The molecule has 3 aromatic rings. The minimum atomic E-state index is -4.94. The van der Waals surface area contributed by atoms with Crippen molar-refractivity contribution >= 4 is 11.4 Å². The van der Waals surface area contributed by atoms with Crippen LogP contribution in [0.4, 0.5) is 11.4 Å². The number of aromatic nitrogens is 3. The summed E-state index contributed by atoms with van der Waals surface area (Å²) in [5, 5.41) is 15.2. The average Bonchev–Trinajstić information content (AvgIpc) is 2.90. The minimum absolute atomic E-state index is 0.0639. The maximum Gasteiger partial charge on any atom is 0.296 e. The van der Waals surface area contributed by atoms with Crippen molar-refractivity contribution in [2.45, 2.75) is 13.8 Å². The predicted octanol–water partition coefficient (Wildman–Crippen LogP) is -2.20. The fraction of sp³-hybridized carbons (Fsp3) is 0.125. The van der Waals surface area contributed by atoms with Gasteiger partial charge in [-0.05, 0) is 24.3 Å². The summed E-state index contributed by atoms with van der Waals surface area (Å²) in [7, 11) is -4.94. The van der Waals surface area contributed by atoms with Gasteiger partial charge >= 0.3 is 0 Å². The van der Waals surface area contributed by atoms with E-state index in [9.17, 15) is 10.1 Å². The number of halogens is 1. The number of nitrogens with zero attached hydrogens (tertiary/aromatic N) is 4. The van der Waals surface area contributed by atoms with Gasteiger partial charge < -0.3 is 0 Å². The number of non-ortho nitro benzene ring substituents is 1. The van der Waals surface area contributed by atoms with E-state index in [1.165, 1.54) is 12.1 Å². The molecule has 28 heavy (non-hydrogen) atoms. The Kier molecular flexibility index (Phi) is 6.62. The van der Waals surface area contributed by atoms with Crippen molar-refractivity contribution in [3.63, 3.8) is 0 Å². The zero-order chi connectivity index (χ0) is 20.9. The monoisotopic (exact) mass is 409 g/mol. The summed E-state index contributed by atoms with van der Waals surface area (Å²) in [5.41, 5.74) is 4.99. The second-order valence-corrected chi connectivity index (χ2v) is 6.23. The molecule has 0 atom stereocenters. The van der Waals surface area contributed by atoms with E-state index in [-0.39, 0.29) is 5.69 Å². The normalized spacial score (nSPS) is 10.8. The molecule has 3 rings (SSSR count). The molecule has 11 nitrogen and oxygen atoms in total. The van der Waals surface area contributed by atoms with Gasteiger partial charge in [-0.15, -0.1) is 14.9 Å². The van der Waals surface area contributed by atoms with Crippen molar-refractivity contribution < 1.29 is 38.5 Å². The van der Waals surface area contributed by atoms with E-state index in [1.54, 1.807) is 12.1 Å². The molecular weight excluding hydrogens is 394 g/mol. The summed E-state index contributed by atoms with van der Waals surface area (Å²) in [4.78, 5) is 10.3. The summed E-state index contributed by atoms with van der Waals surface area (Å²) in [5.74, 6) is 1.68. The Morgan fingerprint density at radius 3 is 2.04 bits per heavy atom. The van der Waals surface area contributed by atoms with E-state index in [1.807, 2.05) is 53.5 Å². The minimum Gasteiger partial charge on any atom is -0.258 e. The van der Waals surface area contributed by atoms with Gasteiger partial charge in [0.05, 0.1) is 10.6 Å². The van der Waals surface area contributed by atoms with E-state index < -0.39 is 15.2 Å². The Balaban J connectivity index is 0.000000500. The Morgan fingerprint density at radius 1 is 1.00 bits per heavy atom. The van der Waals surface area contributed by atoms with Gasteiger partial charge in [0.25, 0.3) is 17.3 Å². The first-order chi connectivity index (χ1) is 13.1. The second-order valence-electron chi connectivity index (χ2n) is 5.47. The van der Waals surface area contributed by atoms with E-state index >= 15 is 0 Å². The molecule has 12 heteroatoms. The highest BCUT2D eigenvalue weighted by Crippen LogP contribution is 2.15. The van der Waals surface area contributed by atoms with Crippen LogP contribution in [0.2, 0.25) is 0 Å². The third-order valence-corrected chi connectivity index (χ3v) is 3.52. The molecule has 0 radical (unpaired) electrons. The van der Waals surface area contributed by atoms with Crippen molar-refractivity contribution in [1.29, 1.82) is 0 Å². The Morgan fingerprint density at radius 2 is 1.54 bits per heavy atom. The van der Waals surface area contributed by atoms with Crippen LogP contribution in [0, 0.1) is 34.2 Å². The van der Waals surface area contributed by atoms with Crippen LogP contribution in [0.3, 0.4) is 0 Å². The van der Waals surface area contributed by atoms with Crippen LogP contribution in [0.1, 0.15) is 11.6 Å². The van der Waals surface area contributed by atoms with E-state index in [2.05, 4.69) is 10.5 Å². The van der Waals surface area contributed by atoms with E-state index in [0.717, 1.165) is 23.0 Å². The molecule has 1 N–H and O–H groups in total. The van der Waals surface area contributed by atoms with Gasteiger partial charge in [-0.2, -0.15) is 0 Å². The molecule has 1 aromatic heterocycles. The first kappa shape index (κ1) is 21.2. The Hall–Kier alpha value is -3.09. The molecule has 2 aromatic carbocycles. The maximum absolute atomic E-state index is 10.7. The van der Waals surface area contributed by atoms with Gasteiger partial charge in [0, 0.05) is 31.1 Å². The molecule has 0 aliphatic carbocycles. The van der Waals surface area contributed by atoms with Crippen LogP contribution >= 0.6 is 0 Å². The number of para-hydroxylation sites is 1. The molecule has 0 amide bonds.